The Kier molecular flexibility index (Phi) is 4.94. The highest BCUT2D eigenvalue weighted by molar-refractivity contribution is 5.93. The number of rotatable bonds is 4. The molecule has 0 unspecified atom stereocenters. The SMILES string of the molecule is O=C(Cc1nc(N2CCOCC2)cc(=O)[nH]1)Nc1cccc(F)c1O. The molecule has 1 aliphatic rings. The van der Waals surface area contributed by atoms with Crippen molar-refractivity contribution in [2.45, 2.75) is 6.42 Å². The van der Waals surface area contributed by atoms with Crippen LogP contribution in [-0.4, -0.2) is 47.3 Å². The molecule has 0 bridgehead atoms. The number of aromatic hydroxyl groups is 1. The number of halogens is 1. The van der Waals surface area contributed by atoms with Gasteiger partial charge in [-0.2, -0.15) is 0 Å². The minimum absolute atomic E-state index is 0.0447. The molecule has 25 heavy (non-hydrogen) atoms. The van der Waals surface area contributed by atoms with E-state index in [9.17, 15) is 19.1 Å². The second-order valence-corrected chi connectivity index (χ2v) is 5.51. The summed E-state index contributed by atoms with van der Waals surface area (Å²) in [6, 6.07) is 5.18. The number of carbonyl (C=O) groups is 1. The Hall–Kier alpha value is -2.94. The third-order valence-electron chi connectivity index (χ3n) is 3.70. The minimum Gasteiger partial charge on any atom is -0.503 e. The highest BCUT2D eigenvalue weighted by Crippen LogP contribution is 2.25. The Bertz CT molecular complexity index is 833. The number of nitrogens with zero attached hydrogens (tertiary/aromatic N) is 2. The third-order valence-corrected chi connectivity index (χ3v) is 3.70. The second-order valence-electron chi connectivity index (χ2n) is 5.51. The van der Waals surface area contributed by atoms with Crippen molar-refractivity contribution in [2.75, 3.05) is 36.5 Å². The Morgan fingerprint density at radius 2 is 2.16 bits per heavy atom. The molecule has 2 aromatic rings. The maximum atomic E-state index is 13.3. The van der Waals surface area contributed by atoms with Crippen molar-refractivity contribution in [1.29, 1.82) is 0 Å². The molecule has 3 N–H and O–H groups in total. The number of aromatic nitrogens is 2. The second kappa shape index (κ2) is 7.31. The number of hydrogen-bond donors (Lipinski definition) is 3. The number of morpholine rings is 1. The number of H-pyrrole nitrogens is 1. The largest absolute Gasteiger partial charge is 0.503 e. The Labute approximate surface area is 142 Å². The van der Waals surface area contributed by atoms with Gasteiger partial charge >= 0.3 is 0 Å². The fourth-order valence-corrected chi connectivity index (χ4v) is 2.49. The number of nitrogens with one attached hydrogen (secondary N) is 2. The van der Waals surface area contributed by atoms with E-state index in [2.05, 4.69) is 15.3 Å². The molecule has 132 valence electrons. The number of amides is 1. The average Bonchev–Trinajstić information content (AvgIpc) is 2.59. The van der Waals surface area contributed by atoms with Crippen molar-refractivity contribution < 1.29 is 19.0 Å². The zero-order valence-electron chi connectivity index (χ0n) is 13.3. The van der Waals surface area contributed by atoms with Gasteiger partial charge in [0.15, 0.2) is 11.6 Å². The zero-order valence-corrected chi connectivity index (χ0v) is 13.3. The first kappa shape index (κ1) is 16.9. The molecule has 1 fully saturated rings. The van der Waals surface area contributed by atoms with E-state index in [1.54, 1.807) is 0 Å². The number of hydrogen-bond acceptors (Lipinski definition) is 6. The molecule has 1 saturated heterocycles. The molecule has 0 radical (unpaired) electrons. The molecule has 8 nitrogen and oxygen atoms in total. The molecule has 2 heterocycles. The van der Waals surface area contributed by atoms with Gasteiger partial charge in [0.1, 0.15) is 11.6 Å². The maximum Gasteiger partial charge on any atom is 0.252 e. The highest BCUT2D eigenvalue weighted by Gasteiger charge is 2.16. The van der Waals surface area contributed by atoms with Crippen LogP contribution in [0.3, 0.4) is 0 Å². The van der Waals surface area contributed by atoms with Gasteiger partial charge in [-0.25, -0.2) is 9.37 Å². The van der Waals surface area contributed by atoms with Gasteiger partial charge in [-0.1, -0.05) is 6.07 Å². The van der Waals surface area contributed by atoms with Crippen molar-refractivity contribution >= 4 is 17.4 Å². The van der Waals surface area contributed by atoms with Gasteiger partial charge < -0.3 is 25.0 Å². The van der Waals surface area contributed by atoms with Crippen LogP contribution in [0, 0.1) is 5.82 Å². The predicted octanol–water partition coefficient (Wildman–Crippen LogP) is 0.632. The molecule has 1 aromatic heterocycles. The van der Waals surface area contributed by atoms with E-state index in [1.807, 2.05) is 4.90 Å². The summed E-state index contributed by atoms with van der Waals surface area (Å²) in [6.07, 6.45) is -0.219. The normalized spacial score (nSPS) is 14.4. The summed E-state index contributed by atoms with van der Waals surface area (Å²) >= 11 is 0. The highest BCUT2D eigenvalue weighted by atomic mass is 19.1. The molecule has 3 rings (SSSR count). The van der Waals surface area contributed by atoms with Gasteiger partial charge in [0.25, 0.3) is 5.56 Å². The standard InChI is InChI=1S/C16H17FN4O4/c17-10-2-1-3-11(16(10)24)18-14(22)8-12-19-13(9-15(23)20-12)21-4-6-25-7-5-21/h1-3,9,24H,4-8H2,(H,18,22)(H,19,20,23). The monoisotopic (exact) mass is 348 g/mol. The van der Waals surface area contributed by atoms with Gasteiger partial charge in [-0.15, -0.1) is 0 Å². The lowest BCUT2D eigenvalue weighted by atomic mass is 10.2. The molecule has 0 spiro atoms. The quantitative estimate of drug-likeness (QED) is 0.700. The lowest BCUT2D eigenvalue weighted by molar-refractivity contribution is -0.115. The first-order chi connectivity index (χ1) is 12.0. The minimum atomic E-state index is -0.835. The van der Waals surface area contributed by atoms with Crippen LogP contribution in [-0.2, 0) is 16.0 Å². The van der Waals surface area contributed by atoms with E-state index in [0.717, 1.165) is 6.07 Å². The van der Waals surface area contributed by atoms with E-state index in [0.29, 0.717) is 32.1 Å². The number of aromatic amines is 1. The van der Waals surface area contributed by atoms with Crippen LogP contribution in [0.5, 0.6) is 5.75 Å². The van der Waals surface area contributed by atoms with Crippen LogP contribution < -0.4 is 15.8 Å². The lowest BCUT2D eigenvalue weighted by Crippen LogP contribution is -2.37. The molecule has 1 aliphatic heterocycles. The van der Waals surface area contributed by atoms with Gasteiger partial charge in [0.05, 0.1) is 25.3 Å². The number of benzene rings is 1. The van der Waals surface area contributed by atoms with Gasteiger partial charge in [0.2, 0.25) is 5.91 Å². The van der Waals surface area contributed by atoms with E-state index >= 15 is 0 Å². The van der Waals surface area contributed by atoms with Crippen LogP contribution in [0.25, 0.3) is 0 Å². The molecular weight excluding hydrogens is 331 g/mol. The molecule has 0 atom stereocenters. The van der Waals surface area contributed by atoms with Gasteiger partial charge in [-0.3, -0.25) is 9.59 Å². The van der Waals surface area contributed by atoms with Crippen molar-refractivity contribution in [3.8, 4) is 5.75 Å². The van der Waals surface area contributed by atoms with Crippen LogP contribution >= 0.6 is 0 Å². The summed E-state index contributed by atoms with van der Waals surface area (Å²) in [6.45, 7) is 2.31. The molecular formula is C16H17FN4O4. The molecule has 0 aliphatic carbocycles. The molecule has 9 heteroatoms. The Morgan fingerprint density at radius 3 is 2.92 bits per heavy atom. The van der Waals surface area contributed by atoms with Crippen molar-refractivity contribution in [2.24, 2.45) is 0 Å². The van der Waals surface area contributed by atoms with Gasteiger partial charge in [0, 0.05) is 19.2 Å². The fourth-order valence-electron chi connectivity index (χ4n) is 2.49. The lowest BCUT2D eigenvalue weighted by Gasteiger charge is -2.27. The van der Waals surface area contributed by atoms with Crippen LogP contribution in [0.2, 0.25) is 0 Å². The number of anilines is 2. The molecule has 0 saturated carbocycles. The van der Waals surface area contributed by atoms with Gasteiger partial charge in [-0.05, 0) is 12.1 Å². The number of phenols is 1. The number of ether oxygens (including phenoxy) is 1. The first-order valence-corrected chi connectivity index (χ1v) is 7.73. The summed E-state index contributed by atoms with van der Waals surface area (Å²) in [5.74, 6) is -1.35. The van der Waals surface area contributed by atoms with Crippen molar-refractivity contribution in [3.05, 3.63) is 46.3 Å². The smallest absolute Gasteiger partial charge is 0.252 e. The number of para-hydroxylation sites is 1. The number of carbonyl (C=O) groups excluding carboxylic acids is 1. The Morgan fingerprint density at radius 1 is 1.40 bits per heavy atom. The molecule has 1 amide bonds. The predicted molar refractivity (Wildman–Crippen MR) is 88.3 cm³/mol. The summed E-state index contributed by atoms with van der Waals surface area (Å²) in [7, 11) is 0. The summed E-state index contributed by atoms with van der Waals surface area (Å²) in [4.78, 5) is 32.6. The zero-order chi connectivity index (χ0) is 17.8. The summed E-state index contributed by atoms with van der Waals surface area (Å²) < 4.78 is 18.6. The summed E-state index contributed by atoms with van der Waals surface area (Å²) in [5, 5.41) is 12.0. The van der Waals surface area contributed by atoms with E-state index in [4.69, 9.17) is 4.74 Å². The summed E-state index contributed by atoms with van der Waals surface area (Å²) in [5.41, 5.74) is -0.412. The van der Waals surface area contributed by atoms with Crippen LogP contribution in [0.4, 0.5) is 15.9 Å². The fraction of sp³-hybridized carbons (Fsp3) is 0.312. The van der Waals surface area contributed by atoms with Crippen LogP contribution in [0.1, 0.15) is 5.82 Å². The van der Waals surface area contributed by atoms with Crippen molar-refractivity contribution in [3.63, 3.8) is 0 Å². The third kappa shape index (κ3) is 4.13. The maximum absolute atomic E-state index is 13.3. The topological polar surface area (TPSA) is 108 Å². The van der Waals surface area contributed by atoms with E-state index in [1.165, 1.54) is 18.2 Å². The van der Waals surface area contributed by atoms with Crippen molar-refractivity contribution in [1.82, 2.24) is 9.97 Å². The van der Waals surface area contributed by atoms with Crippen LogP contribution in [0.15, 0.2) is 29.1 Å². The average molecular weight is 348 g/mol. The number of phenolic OH excluding ortho intramolecular Hbond substituents is 1. The van der Waals surface area contributed by atoms with E-state index < -0.39 is 17.5 Å². The Balaban J connectivity index is 1.73. The first-order valence-electron chi connectivity index (χ1n) is 7.73. The van der Waals surface area contributed by atoms with E-state index in [-0.39, 0.29) is 23.5 Å². The molecule has 1 aromatic carbocycles.